The number of hydrogen-bond acceptors (Lipinski definition) is 3. The molecule has 0 N–H and O–H groups in total. The first-order chi connectivity index (χ1) is 11.6. The molecule has 0 saturated heterocycles. The van der Waals surface area contributed by atoms with Crippen LogP contribution in [0.2, 0.25) is 0 Å². The van der Waals surface area contributed by atoms with Crippen molar-refractivity contribution in [3.63, 3.8) is 0 Å². The normalized spacial score (nSPS) is 10.8. The van der Waals surface area contributed by atoms with Gasteiger partial charge >= 0.3 is 0 Å². The van der Waals surface area contributed by atoms with Gasteiger partial charge in [-0.05, 0) is 49.4 Å². The molecule has 0 amide bonds. The van der Waals surface area contributed by atoms with Crippen LogP contribution in [-0.2, 0) is 6.54 Å². The van der Waals surface area contributed by atoms with Crippen molar-refractivity contribution in [2.24, 2.45) is 0 Å². The van der Waals surface area contributed by atoms with E-state index in [-0.39, 0.29) is 18.1 Å². The maximum atomic E-state index is 13.0. The fourth-order valence-electron chi connectivity index (χ4n) is 2.67. The molecule has 3 rings (SSSR count). The molecule has 0 saturated carbocycles. The SMILES string of the molecule is CCOc1ccc2c(c1)c(C=O)cn2CC(=O)c1ccc(F)cc1. The Balaban J connectivity index is 1.95. The molecule has 0 aliphatic carbocycles. The van der Waals surface area contributed by atoms with E-state index in [1.54, 1.807) is 22.9 Å². The van der Waals surface area contributed by atoms with Crippen LogP contribution in [0.1, 0.15) is 27.6 Å². The lowest BCUT2D eigenvalue weighted by Gasteiger charge is -2.06. The Morgan fingerprint density at radius 1 is 1.21 bits per heavy atom. The van der Waals surface area contributed by atoms with Crippen LogP contribution in [-0.4, -0.2) is 23.2 Å². The molecule has 3 aromatic rings. The minimum absolute atomic E-state index is 0.0734. The van der Waals surface area contributed by atoms with Crippen molar-refractivity contribution in [1.82, 2.24) is 4.57 Å². The molecule has 24 heavy (non-hydrogen) atoms. The predicted octanol–water partition coefficient (Wildman–Crippen LogP) is 3.87. The van der Waals surface area contributed by atoms with Crippen LogP contribution in [0.25, 0.3) is 10.9 Å². The lowest BCUT2D eigenvalue weighted by Crippen LogP contribution is -2.09. The molecule has 0 aliphatic heterocycles. The molecule has 5 heteroatoms. The van der Waals surface area contributed by atoms with Crippen LogP contribution in [0.15, 0.2) is 48.7 Å². The fraction of sp³-hybridized carbons (Fsp3) is 0.158. The van der Waals surface area contributed by atoms with Crippen LogP contribution in [0.5, 0.6) is 5.75 Å². The number of halogens is 1. The Morgan fingerprint density at radius 2 is 1.96 bits per heavy atom. The number of carbonyl (C=O) groups is 2. The quantitative estimate of drug-likeness (QED) is 0.510. The third kappa shape index (κ3) is 3.06. The van der Waals surface area contributed by atoms with Crippen molar-refractivity contribution in [2.75, 3.05) is 6.61 Å². The van der Waals surface area contributed by atoms with Crippen molar-refractivity contribution in [2.45, 2.75) is 13.5 Å². The van der Waals surface area contributed by atoms with Crippen LogP contribution in [0.4, 0.5) is 4.39 Å². The standard InChI is InChI=1S/C19H16FNO3/c1-2-24-16-7-8-18-17(9-16)14(12-22)10-21(18)11-19(23)13-3-5-15(20)6-4-13/h3-10,12H,2,11H2,1H3. The van der Waals surface area contributed by atoms with Gasteiger partial charge in [0.15, 0.2) is 12.1 Å². The van der Waals surface area contributed by atoms with Crippen molar-refractivity contribution in [3.05, 3.63) is 65.6 Å². The highest BCUT2D eigenvalue weighted by molar-refractivity contribution is 6.00. The van der Waals surface area contributed by atoms with Gasteiger partial charge in [0.1, 0.15) is 11.6 Å². The molecule has 0 spiro atoms. The lowest BCUT2D eigenvalue weighted by molar-refractivity contribution is 0.0972. The Hall–Kier alpha value is -2.95. The molecule has 0 fully saturated rings. The van der Waals surface area contributed by atoms with E-state index in [4.69, 9.17) is 4.74 Å². The van der Waals surface area contributed by atoms with E-state index in [9.17, 15) is 14.0 Å². The first-order valence-corrected chi connectivity index (χ1v) is 7.62. The lowest BCUT2D eigenvalue weighted by atomic mass is 10.1. The first kappa shape index (κ1) is 15.9. The van der Waals surface area contributed by atoms with Crippen molar-refractivity contribution >= 4 is 23.0 Å². The molecule has 1 heterocycles. The number of rotatable bonds is 6. The molecule has 0 atom stereocenters. The van der Waals surface area contributed by atoms with Gasteiger partial charge in [0.25, 0.3) is 0 Å². The highest BCUT2D eigenvalue weighted by Gasteiger charge is 2.13. The highest BCUT2D eigenvalue weighted by Crippen LogP contribution is 2.25. The van der Waals surface area contributed by atoms with Gasteiger partial charge in [-0.3, -0.25) is 9.59 Å². The summed E-state index contributed by atoms with van der Waals surface area (Å²) >= 11 is 0. The summed E-state index contributed by atoms with van der Waals surface area (Å²) in [5.41, 5.74) is 1.70. The van der Waals surface area contributed by atoms with Gasteiger partial charge in [-0.15, -0.1) is 0 Å². The van der Waals surface area contributed by atoms with Gasteiger partial charge < -0.3 is 9.30 Å². The number of hydrogen-bond donors (Lipinski definition) is 0. The third-order valence-electron chi connectivity index (χ3n) is 3.80. The van der Waals surface area contributed by atoms with Gasteiger partial charge in [-0.2, -0.15) is 0 Å². The summed E-state index contributed by atoms with van der Waals surface area (Å²) in [6.07, 6.45) is 2.41. The first-order valence-electron chi connectivity index (χ1n) is 7.62. The predicted molar refractivity (Wildman–Crippen MR) is 89.2 cm³/mol. The van der Waals surface area contributed by atoms with Crippen molar-refractivity contribution in [1.29, 1.82) is 0 Å². The molecule has 2 aromatic carbocycles. The van der Waals surface area contributed by atoms with E-state index >= 15 is 0 Å². The van der Waals surface area contributed by atoms with Crippen molar-refractivity contribution in [3.8, 4) is 5.75 Å². The zero-order valence-corrected chi connectivity index (χ0v) is 13.2. The number of aldehydes is 1. The highest BCUT2D eigenvalue weighted by atomic mass is 19.1. The summed E-state index contributed by atoms with van der Waals surface area (Å²) in [4.78, 5) is 23.7. The number of nitrogens with zero attached hydrogens (tertiary/aromatic N) is 1. The van der Waals surface area contributed by atoms with Crippen LogP contribution >= 0.6 is 0 Å². The maximum absolute atomic E-state index is 13.0. The molecule has 0 radical (unpaired) electrons. The smallest absolute Gasteiger partial charge is 0.182 e. The Kier molecular flexibility index (Phi) is 4.42. The van der Waals surface area contributed by atoms with Crippen molar-refractivity contribution < 1.29 is 18.7 Å². The maximum Gasteiger partial charge on any atom is 0.182 e. The number of benzene rings is 2. The van der Waals surface area contributed by atoms with Gasteiger partial charge in [-0.1, -0.05) is 0 Å². The summed E-state index contributed by atoms with van der Waals surface area (Å²) < 4.78 is 20.1. The summed E-state index contributed by atoms with van der Waals surface area (Å²) in [5.74, 6) is 0.138. The third-order valence-corrected chi connectivity index (χ3v) is 3.80. The van der Waals surface area contributed by atoms with E-state index in [2.05, 4.69) is 0 Å². The number of fused-ring (bicyclic) bond motifs is 1. The Morgan fingerprint density at radius 3 is 2.62 bits per heavy atom. The summed E-state index contributed by atoms with van der Waals surface area (Å²) in [6, 6.07) is 10.8. The minimum Gasteiger partial charge on any atom is -0.494 e. The number of Topliss-reactive ketones (excluding diaryl/α,β-unsaturated/α-hetero) is 1. The van der Waals surface area contributed by atoms with Crippen LogP contribution < -0.4 is 4.74 Å². The molecule has 4 nitrogen and oxygen atoms in total. The second kappa shape index (κ2) is 6.66. The van der Waals surface area contributed by atoms with Crippen LogP contribution in [0.3, 0.4) is 0 Å². The zero-order valence-electron chi connectivity index (χ0n) is 13.2. The summed E-state index contributed by atoms with van der Waals surface area (Å²) in [5, 5.41) is 0.739. The summed E-state index contributed by atoms with van der Waals surface area (Å²) in [7, 11) is 0. The number of carbonyl (C=O) groups excluding carboxylic acids is 2. The van der Waals surface area contributed by atoms with E-state index < -0.39 is 0 Å². The van der Waals surface area contributed by atoms with Gasteiger partial charge in [0.2, 0.25) is 0 Å². The monoisotopic (exact) mass is 325 g/mol. The number of ketones is 1. The molecule has 0 unspecified atom stereocenters. The molecule has 0 bridgehead atoms. The number of aromatic nitrogens is 1. The van der Waals surface area contributed by atoms with E-state index in [1.165, 1.54) is 24.3 Å². The molecule has 0 aliphatic rings. The number of ether oxygens (including phenoxy) is 1. The van der Waals surface area contributed by atoms with E-state index in [0.717, 1.165) is 17.2 Å². The average molecular weight is 325 g/mol. The topological polar surface area (TPSA) is 48.3 Å². The fourth-order valence-corrected chi connectivity index (χ4v) is 2.67. The largest absolute Gasteiger partial charge is 0.494 e. The van der Waals surface area contributed by atoms with Crippen LogP contribution in [0, 0.1) is 5.82 Å². The molecule has 1 aromatic heterocycles. The van der Waals surface area contributed by atoms with E-state index in [0.29, 0.717) is 23.5 Å². The van der Waals surface area contributed by atoms with Gasteiger partial charge in [0, 0.05) is 28.2 Å². The average Bonchev–Trinajstić information content (AvgIpc) is 2.93. The van der Waals surface area contributed by atoms with Gasteiger partial charge in [-0.25, -0.2) is 4.39 Å². The Labute approximate surface area is 138 Å². The summed E-state index contributed by atoms with van der Waals surface area (Å²) in [6.45, 7) is 2.49. The zero-order chi connectivity index (χ0) is 17.1. The Bertz CT molecular complexity index is 897. The van der Waals surface area contributed by atoms with E-state index in [1.807, 2.05) is 13.0 Å². The molecule has 122 valence electrons. The second-order valence-electron chi connectivity index (χ2n) is 5.37. The minimum atomic E-state index is -0.385. The molecular weight excluding hydrogens is 309 g/mol. The molecular formula is C19H16FNO3. The van der Waals surface area contributed by atoms with Gasteiger partial charge in [0.05, 0.1) is 13.2 Å². The second-order valence-corrected chi connectivity index (χ2v) is 5.37.